The number of aliphatic carboxylic acids is 1. The van der Waals surface area contributed by atoms with Crippen LogP contribution in [0.3, 0.4) is 0 Å². The number of esters is 1. The Morgan fingerprint density at radius 1 is 1.22 bits per heavy atom. The Balaban J connectivity index is 2.60. The van der Waals surface area contributed by atoms with E-state index in [0.717, 1.165) is 0 Å². The monoisotopic (exact) mass is 379 g/mol. The molecule has 0 saturated heterocycles. The molecule has 1 aromatic carbocycles. The van der Waals surface area contributed by atoms with Crippen molar-refractivity contribution in [2.24, 2.45) is 22.2 Å². The standard InChI is InChI=1S/C17H25N5O5/c1-10(23)27-12-6-4-11(5-7-12)9-14(16(25)26)22-15(24)13(18)3-2-8-21-17(19)20/h4-7,13-14H,2-3,8-9,18H2,1H3,(H,22,24)(H,25,26)(H4,19,20,21)/t13-,14+/m1/s1. The van der Waals surface area contributed by atoms with Crippen molar-refractivity contribution in [2.45, 2.75) is 38.3 Å². The van der Waals surface area contributed by atoms with E-state index in [2.05, 4.69) is 10.3 Å². The lowest BCUT2D eigenvalue weighted by Gasteiger charge is -2.18. The van der Waals surface area contributed by atoms with Gasteiger partial charge >= 0.3 is 11.9 Å². The number of benzene rings is 1. The number of carbonyl (C=O) groups excluding carboxylic acids is 2. The van der Waals surface area contributed by atoms with Crippen LogP contribution in [0.15, 0.2) is 29.3 Å². The zero-order valence-corrected chi connectivity index (χ0v) is 15.1. The van der Waals surface area contributed by atoms with Gasteiger partial charge in [0.25, 0.3) is 0 Å². The highest BCUT2D eigenvalue weighted by molar-refractivity contribution is 5.86. The summed E-state index contributed by atoms with van der Waals surface area (Å²) in [5.74, 6) is -1.89. The van der Waals surface area contributed by atoms with Crippen molar-refractivity contribution in [3.63, 3.8) is 0 Å². The average molecular weight is 379 g/mol. The summed E-state index contributed by atoms with van der Waals surface area (Å²) in [7, 11) is 0. The molecule has 148 valence electrons. The largest absolute Gasteiger partial charge is 0.480 e. The quantitative estimate of drug-likeness (QED) is 0.114. The van der Waals surface area contributed by atoms with Crippen LogP contribution in [0.1, 0.15) is 25.3 Å². The molecule has 2 atom stereocenters. The van der Waals surface area contributed by atoms with Crippen molar-refractivity contribution >= 4 is 23.8 Å². The van der Waals surface area contributed by atoms with Crippen LogP contribution in [0.5, 0.6) is 5.75 Å². The third-order valence-corrected chi connectivity index (χ3v) is 3.54. The van der Waals surface area contributed by atoms with Crippen molar-refractivity contribution in [2.75, 3.05) is 6.54 Å². The number of guanidine groups is 1. The Bertz CT molecular complexity index is 685. The summed E-state index contributed by atoms with van der Waals surface area (Å²) >= 11 is 0. The van der Waals surface area contributed by atoms with Gasteiger partial charge in [-0.25, -0.2) is 4.79 Å². The second-order valence-corrected chi connectivity index (χ2v) is 5.90. The van der Waals surface area contributed by atoms with Crippen LogP contribution in [0.4, 0.5) is 0 Å². The van der Waals surface area contributed by atoms with Crippen LogP contribution in [-0.4, -0.2) is 47.5 Å². The van der Waals surface area contributed by atoms with Crippen LogP contribution in [0.2, 0.25) is 0 Å². The fraction of sp³-hybridized carbons (Fsp3) is 0.412. The molecule has 0 aromatic heterocycles. The third kappa shape index (κ3) is 8.68. The van der Waals surface area contributed by atoms with Crippen LogP contribution >= 0.6 is 0 Å². The molecule has 0 aliphatic carbocycles. The molecule has 0 spiro atoms. The molecule has 0 unspecified atom stereocenters. The molecule has 0 fully saturated rings. The number of carboxylic acid groups (broad SMARTS) is 1. The Morgan fingerprint density at radius 2 is 1.85 bits per heavy atom. The normalized spacial score (nSPS) is 12.5. The van der Waals surface area contributed by atoms with Crippen molar-refractivity contribution in [1.29, 1.82) is 0 Å². The van der Waals surface area contributed by atoms with E-state index in [9.17, 15) is 19.5 Å². The number of hydrogen-bond donors (Lipinski definition) is 5. The zero-order chi connectivity index (χ0) is 20.4. The topological polar surface area (TPSA) is 183 Å². The number of amides is 1. The average Bonchev–Trinajstić information content (AvgIpc) is 2.58. The fourth-order valence-corrected chi connectivity index (χ4v) is 2.22. The van der Waals surface area contributed by atoms with Crippen LogP contribution in [-0.2, 0) is 20.8 Å². The van der Waals surface area contributed by atoms with Gasteiger partial charge in [0.05, 0.1) is 6.04 Å². The SMILES string of the molecule is CC(=O)Oc1ccc(C[C@H](NC(=O)[C@H](N)CCCN=C(N)N)C(=O)O)cc1. The lowest BCUT2D eigenvalue weighted by molar-refractivity contribution is -0.142. The molecule has 0 heterocycles. The molecule has 1 amide bonds. The van der Waals surface area contributed by atoms with E-state index < -0.39 is 29.9 Å². The first-order chi connectivity index (χ1) is 12.7. The number of carboxylic acids is 1. The van der Waals surface area contributed by atoms with Gasteiger partial charge in [-0.1, -0.05) is 12.1 Å². The summed E-state index contributed by atoms with van der Waals surface area (Å²) < 4.78 is 4.91. The van der Waals surface area contributed by atoms with Crippen LogP contribution in [0.25, 0.3) is 0 Å². The summed E-state index contributed by atoms with van der Waals surface area (Å²) in [5.41, 5.74) is 16.8. The minimum Gasteiger partial charge on any atom is -0.480 e. The Hall–Kier alpha value is -3.14. The number of ether oxygens (including phenoxy) is 1. The van der Waals surface area contributed by atoms with Gasteiger partial charge in [0, 0.05) is 19.9 Å². The van der Waals surface area contributed by atoms with Gasteiger partial charge in [-0.2, -0.15) is 0 Å². The van der Waals surface area contributed by atoms with Gasteiger partial charge in [-0.05, 0) is 30.5 Å². The lowest BCUT2D eigenvalue weighted by atomic mass is 10.0. The smallest absolute Gasteiger partial charge is 0.326 e. The molecular weight excluding hydrogens is 354 g/mol. The predicted molar refractivity (Wildman–Crippen MR) is 98.9 cm³/mol. The van der Waals surface area contributed by atoms with Gasteiger partial charge in [0.1, 0.15) is 11.8 Å². The number of nitrogens with one attached hydrogen (secondary N) is 1. The van der Waals surface area contributed by atoms with Crippen molar-refractivity contribution in [3.05, 3.63) is 29.8 Å². The highest BCUT2D eigenvalue weighted by Gasteiger charge is 2.23. The van der Waals surface area contributed by atoms with Crippen LogP contribution < -0.4 is 27.3 Å². The summed E-state index contributed by atoms with van der Waals surface area (Å²) in [6.45, 7) is 1.62. The number of hydrogen-bond acceptors (Lipinski definition) is 6. The maximum Gasteiger partial charge on any atom is 0.326 e. The van der Waals surface area contributed by atoms with Crippen LogP contribution in [0, 0.1) is 0 Å². The first kappa shape index (κ1) is 21.9. The minimum atomic E-state index is -1.18. The van der Waals surface area contributed by atoms with Gasteiger partial charge in [0.2, 0.25) is 5.91 Å². The summed E-state index contributed by atoms with van der Waals surface area (Å²) in [4.78, 5) is 38.2. The second-order valence-electron chi connectivity index (χ2n) is 5.90. The molecule has 10 nitrogen and oxygen atoms in total. The predicted octanol–water partition coefficient (Wildman–Crippen LogP) is -0.895. The number of nitrogens with zero attached hydrogens (tertiary/aromatic N) is 1. The lowest BCUT2D eigenvalue weighted by Crippen LogP contribution is -2.49. The fourth-order valence-electron chi connectivity index (χ4n) is 2.22. The first-order valence-corrected chi connectivity index (χ1v) is 8.30. The van der Waals surface area contributed by atoms with E-state index in [1.165, 1.54) is 6.92 Å². The van der Waals surface area contributed by atoms with Crippen molar-refractivity contribution < 1.29 is 24.2 Å². The number of rotatable bonds is 10. The zero-order valence-electron chi connectivity index (χ0n) is 15.1. The Kier molecular flexibility index (Phi) is 8.73. The van der Waals surface area contributed by atoms with Crippen molar-refractivity contribution in [3.8, 4) is 5.75 Å². The first-order valence-electron chi connectivity index (χ1n) is 8.30. The van der Waals surface area contributed by atoms with Gasteiger partial charge in [-0.3, -0.25) is 14.6 Å². The molecule has 0 aliphatic heterocycles. The molecule has 10 heteroatoms. The molecule has 0 bridgehead atoms. The Labute approximate surface area is 156 Å². The third-order valence-electron chi connectivity index (χ3n) is 3.54. The van der Waals surface area contributed by atoms with E-state index in [1.807, 2.05) is 0 Å². The molecular formula is C17H25N5O5. The second kappa shape index (κ2) is 10.8. The maximum atomic E-state index is 12.1. The van der Waals surface area contributed by atoms with E-state index in [4.69, 9.17) is 21.9 Å². The van der Waals surface area contributed by atoms with Gasteiger partial charge in [-0.15, -0.1) is 0 Å². The van der Waals surface area contributed by atoms with Crippen molar-refractivity contribution in [1.82, 2.24) is 5.32 Å². The van der Waals surface area contributed by atoms with E-state index in [1.54, 1.807) is 24.3 Å². The Morgan fingerprint density at radius 3 is 2.37 bits per heavy atom. The van der Waals surface area contributed by atoms with Gasteiger partial charge in [0.15, 0.2) is 5.96 Å². The summed E-state index contributed by atoms with van der Waals surface area (Å²) in [6, 6.07) is 4.33. The molecule has 0 aliphatic rings. The molecule has 0 saturated carbocycles. The molecule has 1 rings (SSSR count). The van der Waals surface area contributed by atoms with E-state index >= 15 is 0 Å². The number of carbonyl (C=O) groups is 3. The van der Waals surface area contributed by atoms with Gasteiger partial charge < -0.3 is 32.4 Å². The van der Waals surface area contributed by atoms with E-state index in [0.29, 0.717) is 30.7 Å². The molecule has 8 N–H and O–H groups in total. The summed E-state index contributed by atoms with van der Waals surface area (Å²) in [6.07, 6.45) is 0.857. The summed E-state index contributed by atoms with van der Waals surface area (Å²) in [5, 5.41) is 11.8. The molecule has 0 radical (unpaired) electrons. The number of aliphatic imine (C=N–C) groups is 1. The highest BCUT2D eigenvalue weighted by atomic mass is 16.5. The number of nitrogens with two attached hydrogens (primary N) is 3. The molecule has 27 heavy (non-hydrogen) atoms. The highest BCUT2D eigenvalue weighted by Crippen LogP contribution is 2.14. The van der Waals surface area contributed by atoms with E-state index in [-0.39, 0.29) is 12.4 Å². The molecule has 1 aromatic rings. The minimum absolute atomic E-state index is 0.0429. The maximum absolute atomic E-state index is 12.1.